The Morgan fingerprint density at radius 1 is 1.70 bits per heavy atom. The zero-order valence-corrected chi connectivity index (χ0v) is 8.20. The van der Waals surface area contributed by atoms with Crippen LogP contribution in [0.1, 0.15) is 0 Å². The zero-order chi connectivity index (χ0) is 6.53. The van der Waals surface area contributed by atoms with Crippen molar-refractivity contribution < 1.29 is 0 Å². The quantitative estimate of drug-likeness (QED) is 0.708. The third-order valence-electron chi connectivity index (χ3n) is 1.01. The Morgan fingerprint density at radius 2 is 2.50 bits per heavy atom. The molecule has 0 bridgehead atoms. The average molecular weight is 226 g/mol. The Labute approximate surface area is 75.6 Å². The summed E-state index contributed by atoms with van der Waals surface area (Å²) in [7, 11) is 0. The van der Waals surface area contributed by atoms with Crippen molar-refractivity contribution in [3.63, 3.8) is 0 Å². The number of nitrogens with one attached hydrogen (secondary N) is 1. The second-order valence-corrected chi connectivity index (χ2v) is 2.83. The van der Waals surface area contributed by atoms with Crippen molar-refractivity contribution in [3.8, 4) is 0 Å². The maximum absolute atomic E-state index is 5.28. The van der Waals surface area contributed by atoms with Crippen LogP contribution in [0.2, 0.25) is 0 Å². The van der Waals surface area contributed by atoms with Gasteiger partial charge in [-0.25, -0.2) is 0 Å². The number of nitrogens with zero attached hydrogens (tertiary/aromatic N) is 1. The molecule has 0 aromatic carbocycles. The number of aliphatic imine (C=N–C) groups is 1. The summed E-state index contributed by atoms with van der Waals surface area (Å²) in [5.41, 5.74) is 5.28. The first kappa shape index (κ1) is 10.3. The summed E-state index contributed by atoms with van der Waals surface area (Å²) in [6.07, 6.45) is 0. The largest absolute Gasteiger partial charge is 0.364 e. The minimum Gasteiger partial charge on any atom is -0.364 e. The molecule has 0 saturated heterocycles. The van der Waals surface area contributed by atoms with Gasteiger partial charge < -0.3 is 11.1 Å². The Balaban J connectivity index is 0.000000810. The van der Waals surface area contributed by atoms with E-state index in [1.165, 1.54) is 0 Å². The van der Waals surface area contributed by atoms with Gasteiger partial charge in [-0.1, -0.05) is 11.8 Å². The fourth-order valence-corrected chi connectivity index (χ4v) is 1.38. The van der Waals surface area contributed by atoms with Crippen molar-refractivity contribution >= 4 is 33.9 Å². The van der Waals surface area contributed by atoms with Crippen LogP contribution in [0.5, 0.6) is 0 Å². The van der Waals surface area contributed by atoms with Crippen LogP contribution in [-0.4, -0.2) is 30.6 Å². The number of hydrogen-bond acceptors (Lipinski definition) is 4. The van der Waals surface area contributed by atoms with Gasteiger partial charge in [0.25, 0.3) is 0 Å². The second kappa shape index (κ2) is 6.00. The topological polar surface area (TPSA) is 50.4 Å². The van der Waals surface area contributed by atoms with E-state index in [9.17, 15) is 0 Å². The number of rotatable bonds is 2. The van der Waals surface area contributed by atoms with Crippen molar-refractivity contribution in [1.29, 1.82) is 0 Å². The molecule has 0 aromatic rings. The molecule has 0 fully saturated rings. The summed E-state index contributed by atoms with van der Waals surface area (Å²) < 4.78 is 0. The predicted molar refractivity (Wildman–Crippen MR) is 52.1 cm³/mol. The van der Waals surface area contributed by atoms with Gasteiger partial charge in [0, 0.05) is 18.8 Å². The molecule has 0 amide bonds. The molecule has 5 heteroatoms. The molecule has 0 aromatic heterocycles. The lowest BCUT2D eigenvalue weighted by molar-refractivity contribution is 0.882. The molecular formula is C5H12BrN3S. The average Bonchev–Trinajstić information content (AvgIpc) is 2.34. The van der Waals surface area contributed by atoms with Gasteiger partial charge >= 0.3 is 0 Å². The van der Waals surface area contributed by atoms with Gasteiger partial charge in [-0.15, -0.1) is 17.0 Å². The van der Waals surface area contributed by atoms with E-state index in [4.69, 9.17) is 5.73 Å². The molecule has 3 N–H and O–H groups in total. The molecule has 1 aliphatic rings. The van der Waals surface area contributed by atoms with E-state index in [2.05, 4.69) is 10.3 Å². The van der Waals surface area contributed by atoms with Crippen LogP contribution in [0, 0.1) is 0 Å². The van der Waals surface area contributed by atoms with E-state index in [0.29, 0.717) is 6.54 Å². The molecule has 0 unspecified atom stereocenters. The second-order valence-electron chi connectivity index (χ2n) is 1.75. The number of amidine groups is 1. The van der Waals surface area contributed by atoms with Gasteiger partial charge in [0.1, 0.15) is 0 Å². The normalized spacial score (nSPS) is 15.9. The standard InChI is InChI=1S/C5H11N3S.BrH/c6-1-2-7-5-8-3-4-9-5;/h1-4,6H2,(H,7,8);1H. The van der Waals surface area contributed by atoms with Crippen LogP contribution < -0.4 is 11.1 Å². The predicted octanol–water partition coefficient (Wildman–Crippen LogP) is 0.215. The van der Waals surface area contributed by atoms with E-state index < -0.39 is 0 Å². The Morgan fingerprint density at radius 3 is 3.00 bits per heavy atom. The maximum Gasteiger partial charge on any atom is 0.156 e. The smallest absolute Gasteiger partial charge is 0.156 e. The van der Waals surface area contributed by atoms with E-state index >= 15 is 0 Å². The third kappa shape index (κ3) is 3.43. The Kier molecular flexibility index (Phi) is 6.16. The fourth-order valence-electron chi connectivity index (χ4n) is 0.621. The monoisotopic (exact) mass is 225 g/mol. The van der Waals surface area contributed by atoms with Crippen LogP contribution in [0.15, 0.2) is 4.99 Å². The van der Waals surface area contributed by atoms with Crippen molar-refractivity contribution in [1.82, 2.24) is 5.32 Å². The summed E-state index contributed by atoms with van der Waals surface area (Å²) in [6, 6.07) is 0. The third-order valence-corrected chi connectivity index (χ3v) is 1.94. The summed E-state index contributed by atoms with van der Waals surface area (Å²) in [4.78, 5) is 4.19. The SMILES string of the molecule is Br.NCCNC1=NCCS1. The first-order valence-corrected chi connectivity index (χ1v) is 4.03. The Bertz CT molecular complexity index is 117. The molecule has 1 rings (SSSR count). The highest BCUT2D eigenvalue weighted by molar-refractivity contribution is 8.93. The number of nitrogens with two attached hydrogens (primary N) is 1. The first-order chi connectivity index (χ1) is 4.43. The molecular weight excluding hydrogens is 214 g/mol. The molecule has 0 radical (unpaired) electrons. The van der Waals surface area contributed by atoms with Crippen molar-refractivity contribution in [2.75, 3.05) is 25.4 Å². The summed E-state index contributed by atoms with van der Waals surface area (Å²) in [5, 5.41) is 4.18. The molecule has 0 spiro atoms. The molecule has 0 aliphatic carbocycles. The van der Waals surface area contributed by atoms with E-state index in [-0.39, 0.29) is 17.0 Å². The van der Waals surface area contributed by atoms with Crippen molar-refractivity contribution in [3.05, 3.63) is 0 Å². The van der Waals surface area contributed by atoms with E-state index in [1.807, 2.05) is 0 Å². The van der Waals surface area contributed by atoms with Gasteiger partial charge in [-0.2, -0.15) is 0 Å². The van der Waals surface area contributed by atoms with Gasteiger partial charge in [0.2, 0.25) is 0 Å². The van der Waals surface area contributed by atoms with E-state index in [1.54, 1.807) is 11.8 Å². The van der Waals surface area contributed by atoms with Crippen LogP contribution >= 0.6 is 28.7 Å². The van der Waals surface area contributed by atoms with Crippen LogP contribution in [0.4, 0.5) is 0 Å². The highest BCUT2D eigenvalue weighted by atomic mass is 79.9. The number of thioether (sulfide) groups is 1. The zero-order valence-electron chi connectivity index (χ0n) is 5.67. The maximum atomic E-state index is 5.28. The summed E-state index contributed by atoms with van der Waals surface area (Å²) in [6.45, 7) is 2.48. The van der Waals surface area contributed by atoms with E-state index in [0.717, 1.165) is 24.0 Å². The molecule has 1 aliphatic heterocycles. The van der Waals surface area contributed by atoms with Gasteiger partial charge in [0.05, 0.1) is 6.54 Å². The lowest BCUT2D eigenvalue weighted by atomic mass is 10.7. The molecule has 1 heterocycles. The number of hydrogen-bond donors (Lipinski definition) is 2. The minimum atomic E-state index is 0. The van der Waals surface area contributed by atoms with Gasteiger partial charge in [-0.05, 0) is 0 Å². The first-order valence-electron chi connectivity index (χ1n) is 3.04. The molecule has 0 atom stereocenters. The fraction of sp³-hybridized carbons (Fsp3) is 0.800. The lowest BCUT2D eigenvalue weighted by Gasteiger charge is -1.99. The lowest BCUT2D eigenvalue weighted by Crippen LogP contribution is -2.25. The Hall–Kier alpha value is 0.260. The summed E-state index contributed by atoms with van der Waals surface area (Å²) >= 11 is 1.77. The molecule has 10 heavy (non-hydrogen) atoms. The molecule has 60 valence electrons. The highest BCUT2D eigenvalue weighted by Crippen LogP contribution is 2.07. The molecule has 3 nitrogen and oxygen atoms in total. The minimum absolute atomic E-state index is 0. The summed E-state index contributed by atoms with van der Waals surface area (Å²) in [5.74, 6) is 1.12. The van der Waals surface area contributed by atoms with Crippen molar-refractivity contribution in [2.24, 2.45) is 10.7 Å². The molecule has 0 saturated carbocycles. The van der Waals surface area contributed by atoms with Crippen molar-refractivity contribution in [2.45, 2.75) is 0 Å². The number of halogens is 1. The van der Waals surface area contributed by atoms with Gasteiger partial charge in [-0.3, -0.25) is 4.99 Å². The van der Waals surface area contributed by atoms with Crippen LogP contribution in [-0.2, 0) is 0 Å². The highest BCUT2D eigenvalue weighted by Gasteiger charge is 2.03. The van der Waals surface area contributed by atoms with Gasteiger partial charge in [0.15, 0.2) is 5.17 Å². The van der Waals surface area contributed by atoms with Crippen LogP contribution in [0.25, 0.3) is 0 Å². The van der Waals surface area contributed by atoms with Crippen LogP contribution in [0.3, 0.4) is 0 Å².